The van der Waals surface area contributed by atoms with Crippen LogP contribution in [0.25, 0.3) is 16.6 Å². The van der Waals surface area contributed by atoms with Crippen LogP contribution in [0.15, 0.2) is 42.6 Å². The highest BCUT2D eigenvalue weighted by Gasteiger charge is 2.57. The van der Waals surface area contributed by atoms with Gasteiger partial charge in [-0.25, -0.2) is 4.79 Å². The zero-order chi connectivity index (χ0) is 27.6. The number of aromatic nitrogens is 1. The maximum atomic E-state index is 14.4. The van der Waals surface area contributed by atoms with Crippen LogP contribution in [-0.2, 0) is 16.5 Å². The van der Waals surface area contributed by atoms with Crippen molar-refractivity contribution in [2.45, 2.75) is 57.5 Å². The Hall–Kier alpha value is -2.59. The van der Waals surface area contributed by atoms with Gasteiger partial charge in [-0.1, -0.05) is 67.6 Å². The van der Waals surface area contributed by atoms with E-state index in [1.165, 1.54) is 24.3 Å². The fraction of sp³-hybridized carbons (Fsp3) is 0.400. The summed E-state index contributed by atoms with van der Waals surface area (Å²) in [5.41, 5.74) is -4.63. The minimum Gasteiger partial charge on any atom is -0.428 e. The van der Waals surface area contributed by atoms with E-state index in [2.05, 4.69) is 5.32 Å². The quantitative estimate of drug-likeness (QED) is 0.217. The summed E-state index contributed by atoms with van der Waals surface area (Å²) >= 11 is 12.3. The van der Waals surface area contributed by atoms with Gasteiger partial charge < -0.3 is 14.6 Å². The lowest BCUT2D eigenvalue weighted by molar-refractivity contribution is -0.256. The van der Waals surface area contributed by atoms with Gasteiger partial charge in [0.25, 0.3) is 0 Å². The van der Waals surface area contributed by atoms with Gasteiger partial charge in [-0.15, -0.1) is 0 Å². The number of hydrogen-bond acceptors (Lipinski definition) is 2. The first-order valence-corrected chi connectivity index (χ1v) is 12.2. The van der Waals surface area contributed by atoms with Gasteiger partial charge in [-0.3, -0.25) is 0 Å². The molecule has 0 aliphatic rings. The van der Waals surface area contributed by atoms with E-state index in [0.29, 0.717) is 25.5 Å². The minimum absolute atomic E-state index is 0.0464. The van der Waals surface area contributed by atoms with Crippen molar-refractivity contribution in [1.82, 2.24) is 9.88 Å². The molecule has 0 fully saturated rings. The van der Waals surface area contributed by atoms with Crippen molar-refractivity contribution in [3.05, 3.63) is 63.8 Å². The Morgan fingerprint density at radius 2 is 1.62 bits per heavy atom. The van der Waals surface area contributed by atoms with E-state index < -0.39 is 45.2 Å². The van der Waals surface area contributed by atoms with Gasteiger partial charge in [-0.05, 0) is 31.5 Å². The number of para-hydroxylation sites is 1. The first-order chi connectivity index (χ1) is 17.2. The summed E-state index contributed by atoms with van der Waals surface area (Å²) in [5, 5.41) is 1.54. The van der Waals surface area contributed by atoms with Crippen molar-refractivity contribution < 1.29 is 35.9 Å². The van der Waals surface area contributed by atoms with Crippen LogP contribution in [0.2, 0.25) is 10.0 Å². The van der Waals surface area contributed by atoms with Crippen LogP contribution in [-0.4, -0.2) is 23.4 Å². The van der Waals surface area contributed by atoms with Gasteiger partial charge in [0.15, 0.2) is 0 Å². The largest absolute Gasteiger partial charge is 0.432 e. The Kier molecular flexibility index (Phi) is 8.64. The number of alkyl halides is 6. The fourth-order valence-corrected chi connectivity index (χ4v) is 4.60. The van der Waals surface area contributed by atoms with Crippen molar-refractivity contribution in [3.8, 4) is 5.69 Å². The summed E-state index contributed by atoms with van der Waals surface area (Å²) in [4.78, 5) is 12.4. The highest BCUT2D eigenvalue weighted by atomic mass is 35.5. The number of hydrogen-bond donors (Lipinski definition) is 1. The molecule has 12 heteroatoms. The number of ether oxygens (including phenoxy) is 1. The van der Waals surface area contributed by atoms with Crippen molar-refractivity contribution >= 4 is 40.2 Å². The average Bonchev–Trinajstić information content (AvgIpc) is 3.17. The van der Waals surface area contributed by atoms with Gasteiger partial charge in [-0.2, -0.15) is 26.3 Å². The second-order valence-electron chi connectivity index (χ2n) is 8.62. The molecule has 3 rings (SSSR count). The van der Waals surface area contributed by atoms with Crippen LogP contribution in [0.4, 0.5) is 31.1 Å². The van der Waals surface area contributed by atoms with Crippen molar-refractivity contribution in [2.24, 2.45) is 0 Å². The van der Waals surface area contributed by atoms with Crippen molar-refractivity contribution in [1.29, 1.82) is 0 Å². The molecule has 1 amide bonds. The molecule has 0 radical (unpaired) electrons. The number of rotatable bonds is 8. The molecular formula is C25H24Cl2F6N2O2. The van der Waals surface area contributed by atoms with E-state index in [9.17, 15) is 31.1 Å². The van der Waals surface area contributed by atoms with Gasteiger partial charge >= 0.3 is 18.4 Å². The highest BCUT2D eigenvalue weighted by molar-refractivity contribution is 6.38. The second kappa shape index (κ2) is 11.0. The Balaban J connectivity index is 2.10. The molecule has 0 aliphatic heterocycles. The smallest absolute Gasteiger partial charge is 0.428 e. The van der Waals surface area contributed by atoms with E-state index in [1.54, 1.807) is 0 Å². The van der Waals surface area contributed by atoms with Crippen LogP contribution in [0, 0.1) is 0 Å². The molecule has 202 valence electrons. The lowest BCUT2D eigenvalue weighted by Gasteiger charge is -2.31. The Morgan fingerprint density at radius 1 is 1.00 bits per heavy atom. The summed E-state index contributed by atoms with van der Waals surface area (Å²) in [5.74, 6) is 0. The molecule has 1 heterocycles. The first-order valence-electron chi connectivity index (χ1n) is 11.4. The summed E-state index contributed by atoms with van der Waals surface area (Å²) in [6.07, 6.45) is -6.76. The van der Waals surface area contributed by atoms with Gasteiger partial charge in [0, 0.05) is 23.7 Å². The maximum Gasteiger partial charge on any atom is 0.432 e. The average molecular weight is 569 g/mol. The molecule has 0 bridgehead atoms. The Labute approximate surface area is 219 Å². The predicted octanol–water partition coefficient (Wildman–Crippen LogP) is 9.04. The monoisotopic (exact) mass is 568 g/mol. The van der Waals surface area contributed by atoms with Crippen molar-refractivity contribution in [2.75, 3.05) is 6.54 Å². The molecule has 0 spiro atoms. The third-order valence-electron chi connectivity index (χ3n) is 5.95. The Morgan fingerprint density at radius 3 is 2.19 bits per heavy atom. The number of carbonyl (C=O) groups excluding carboxylic acids is 1. The molecule has 2 aromatic carbocycles. The molecule has 37 heavy (non-hydrogen) atoms. The van der Waals surface area contributed by atoms with Gasteiger partial charge in [0.05, 0.1) is 26.8 Å². The summed E-state index contributed by atoms with van der Waals surface area (Å²) in [6.45, 7) is 2.86. The summed E-state index contributed by atoms with van der Waals surface area (Å²) in [6, 6.07) is 7.13. The SMILES string of the molecule is CCCCCCNC(=O)OC(C)(c1cn(-c2c(Cl)cc(C(F)(F)F)cc2Cl)c2ccccc12)C(F)(F)F. The first kappa shape index (κ1) is 29.0. The number of alkyl carbamates (subject to hydrolysis) is 1. The van der Waals surface area contributed by atoms with Crippen LogP contribution < -0.4 is 5.32 Å². The number of amides is 1. The van der Waals surface area contributed by atoms with Crippen LogP contribution >= 0.6 is 23.2 Å². The molecule has 1 N–H and O–H groups in total. The van der Waals surface area contributed by atoms with E-state index >= 15 is 0 Å². The number of carbonyl (C=O) groups is 1. The molecule has 0 saturated carbocycles. The standard InChI is InChI=1S/C25H24Cl2F6N2O2/c1-3-4-5-8-11-34-22(36)37-23(2,25(31,32)33)17-14-35(20-10-7-6-9-16(17)20)21-18(26)12-15(13-19(21)27)24(28,29)30/h6-7,9-10,12-14H,3-5,8,11H2,1-2H3,(H,34,36). The lowest BCUT2D eigenvalue weighted by atomic mass is 9.94. The third-order valence-corrected chi connectivity index (χ3v) is 6.52. The number of benzene rings is 2. The highest BCUT2D eigenvalue weighted by Crippen LogP contribution is 2.47. The number of fused-ring (bicyclic) bond motifs is 1. The third kappa shape index (κ3) is 6.12. The molecule has 1 aromatic heterocycles. The molecule has 0 aliphatic carbocycles. The molecule has 4 nitrogen and oxygen atoms in total. The number of halogens is 8. The predicted molar refractivity (Wildman–Crippen MR) is 130 cm³/mol. The van der Waals surface area contributed by atoms with E-state index in [1.807, 2.05) is 6.92 Å². The molecule has 3 aromatic rings. The van der Waals surface area contributed by atoms with Crippen LogP contribution in [0.1, 0.15) is 50.7 Å². The van der Waals surface area contributed by atoms with E-state index in [0.717, 1.165) is 30.0 Å². The van der Waals surface area contributed by atoms with Crippen LogP contribution in [0.5, 0.6) is 0 Å². The second-order valence-corrected chi connectivity index (χ2v) is 9.44. The Bertz CT molecular complexity index is 1250. The zero-order valence-electron chi connectivity index (χ0n) is 19.9. The minimum atomic E-state index is -5.05. The fourth-order valence-electron chi connectivity index (χ4n) is 3.93. The molecule has 0 saturated heterocycles. The van der Waals surface area contributed by atoms with Gasteiger partial charge in [0.2, 0.25) is 5.60 Å². The van der Waals surface area contributed by atoms with Crippen molar-refractivity contribution in [3.63, 3.8) is 0 Å². The zero-order valence-corrected chi connectivity index (χ0v) is 21.4. The van der Waals surface area contributed by atoms with Gasteiger partial charge in [0.1, 0.15) is 0 Å². The molecule has 1 atom stereocenters. The maximum absolute atomic E-state index is 14.4. The normalized spacial score (nSPS) is 14.0. The number of nitrogens with zero attached hydrogens (tertiary/aromatic N) is 1. The topological polar surface area (TPSA) is 43.3 Å². The summed E-state index contributed by atoms with van der Waals surface area (Å²) < 4.78 is 89.0. The summed E-state index contributed by atoms with van der Waals surface area (Å²) in [7, 11) is 0. The van der Waals surface area contributed by atoms with E-state index in [4.69, 9.17) is 27.9 Å². The molecular weight excluding hydrogens is 545 g/mol. The lowest BCUT2D eigenvalue weighted by Crippen LogP contribution is -2.46. The van der Waals surface area contributed by atoms with Crippen LogP contribution in [0.3, 0.4) is 0 Å². The number of unbranched alkanes of at least 4 members (excludes halogenated alkanes) is 3. The molecule has 1 unspecified atom stereocenters. The van der Waals surface area contributed by atoms with E-state index in [-0.39, 0.29) is 23.1 Å². The number of nitrogens with one attached hydrogen (secondary N) is 1.